The Morgan fingerprint density at radius 1 is 1.67 bits per heavy atom. The Bertz CT molecular complexity index is 534. The minimum absolute atomic E-state index is 0.303. The fourth-order valence-corrected chi connectivity index (χ4v) is 1.33. The van der Waals surface area contributed by atoms with E-state index < -0.39 is 11.9 Å². The Morgan fingerprint density at radius 3 is 3.07 bits per heavy atom. The number of hydrazine groups is 1. The monoisotopic (exact) mass is 208 g/mol. The van der Waals surface area contributed by atoms with Gasteiger partial charge >= 0.3 is 0 Å². The number of pyridine rings is 1. The largest absolute Gasteiger partial charge is 0.289 e. The van der Waals surface area contributed by atoms with Crippen LogP contribution in [0.15, 0.2) is 18.3 Å². The van der Waals surface area contributed by atoms with Gasteiger partial charge in [-0.05, 0) is 24.6 Å². The van der Waals surface area contributed by atoms with Crippen molar-refractivity contribution in [1.82, 2.24) is 14.8 Å². The van der Waals surface area contributed by atoms with Gasteiger partial charge in [-0.25, -0.2) is 10.8 Å². The number of hydrogen-bond donors (Lipinski definition) is 2. The van der Waals surface area contributed by atoms with E-state index in [0.29, 0.717) is 5.65 Å². The summed E-state index contributed by atoms with van der Waals surface area (Å²) in [4.78, 5) is 15.0. The van der Waals surface area contributed by atoms with Gasteiger partial charge in [0.2, 0.25) is 5.95 Å². The molecule has 5 nitrogen and oxygen atoms in total. The van der Waals surface area contributed by atoms with Crippen LogP contribution in [0, 0.1) is 12.9 Å². The van der Waals surface area contributed by atoms with Crippen molar-refractivity contribution in [2.24, 2.45) is 5.84 Å². The normalized spacial score (nSPS) is 10.6. The maximum atomic E-state index is 13.6. The minimum Gasteiger partial charge on any atom is -0.289 e. The van der Waals surface area contributed by atoms with E-state index in [0.717, 1.165) is 5.56 Å². The molecule has 2 aromatic rings. The highest BCUT2D eigenvalue weighted by molar-refractivity contribution is 5.92. The smallest absolute Gasteiger partial charge is 0.288 e. The molecule has 0 bridgehead atoms. The number of fused-ring (bicyclic) bond motifs is 1. The summed E-state index contributed by atoms with van der Waals surface area (Å²) in [5, 5.41) is 0. The highest BCUT2D eigenvalue weighted by Crippen LogP contribution is 2.12. The van der Waals surface area contributed by atoms with Crippen molar-refractivity contribution in [3.8, 4) is 0 Å². The highest BCUT2D eigenvalue weighted by Gasteiger charge is 2.17. The number of nitrogens with one attached hydrogen (secondary N) is 1. The molecule has 78 valence electrons. The molecule has 2 heterocycles. The number of nitrogens with two attached hydrogens (primary N) is 1. The average Bonchev–Trinajstić information content (AvgIpc) is 2.54. The molecule has 0 aliphatic rings. The van der Waals surface area contributed by atoms with Crippen LogP contribution in [0.3, 0.4) is 0 Å². The van der Waals surface area contributed by atoms with Crippen LogP contribution in [-0.4, -0.2) is 15.3 Å². The third-order valence-electron chi connectivity index (χ3n) is 2.07. The Labute approximate surface area is 84.7 Å². The molecule has 1 amide bonds. The molecule has 0 unspecified atom stereocenters. The molecular formula is C9H9FN4O. The van der Waals surface area contributed by atoms with E-state index in [1.54, 1.807) is 12.1 Å². The van der Waals surface area contributed by atoms with Gasteiger partial charge in [0.1, 0.15) is 5.65 Å². The zero-order chi connectivity index (χ0) is 11.0. The summed E-state index contributed by atoms with van der Waals surface area (Å²) < 4.78 is 14.8. The van der Waals surface area contributed by atoms with Gasteiger partial charge in [-0.15, -0.1) is 0 Å². The zero-order valence-electron chi connectivity index (χ0n) is 7.99. The number of rotatable bonds is 1. The van der Waals surface area contributed by atoms with Gasteiger partial charge in [0.15, 0.2) is 5.69 Å². The lowest BCUT2D eigenvalue weighted by atomic mass is 10.3. The number of imidazole rings is 1. The number of carbonyl (C=O) groups is 1. The molecule has 0 aliphatic carbocycles. The van der Waals surface area contributed by atoms with Crippen molar-refractivity contribution in [1.29, 1.82) is 0 Å². The lowest BCUT2D eigenvalue weighted by Gasteiger charge is -1.94. The second kappa shape index (κ2) is 3.32. The molecule has 0 spiro atoms. The molecule has 15 heavy (non-hydrogen) atoms. The van der Waals surface area contributed by atoms with Gasteiger partial charge in [0, 0.05) is 6.20 Å². The first-order valence-corrected chi connectivity index (χ1v) is 4.28. The first-order chi connectivity index (χ1) is 7.13. The van der Waals surface area contributed by atoms with E-state index in [1.807, 2.05) is 12.3 Å². The lowest BCUT2D eigenvalue weighted by molar-refractivity contribution is 0.0944. The van der Waals surface area contributed by atoms with E-state index in [9.17, 15) is 9.18 Å². The van der Waals surface area contributed by atoms with Crippen molar-refractivity contribution < 1.29 is 9.18 Å². The molecule has 0 saturated carbocycles. The Balaban J connectivity index is 2.69. The van der Waals surface area contributed by atoms with Gasteiger partial charge < -0.3 is 0 Å². The molecule has 0 aliphatic heterocycles. The van der Waals surface area contributed by atoms with Gasteiger partial charge in [-0.1, -0.05) is 0 Å². The number of halogens is 1. The van der Waals surface area contributed by atoms with Crippen molar-refractivity contribution in [3.63, 3.8) is 0 Å². The maximum absolute atomic E-state index is 13.6. The van der Waals surface area contributed by atoms with Crippen LogP contribution in [0.2, 0.25) is 0 Å². The summed E-state index contributed by atoms with van der Waals surface area (Å²) in [7, 11) is 0. The van der Waals surface area contributed by atoms with E-state index >= 15 is 0 Å². The number of nitrogens with zero attached hydrogens (tertiary/aromatic N) is 2. The Kier molecular flexibility index (Phi) is 2.12. The lowest BCUT2D eigenvalue weighted by Crippen LogP contribution is -2.31. The summed E-state index contributed by atoms with van der Waals surface area (Å²) >= 11 is 0. The molecule has 0 fully saturated rings. The quantitative estimate of drug-likeness (QED) is 0.404. The van der Waals surface area contributed by atoms with Crippen LogP contribution >= 0.6 is 0 Å². The molecule has 3 N–H and O–H groups in total. The first kappa shape index (κ1) is 9.60. The van der Waals surface area contributed by atoms with Crippen LogP contribution in [0.5, 0.6) is 0 Å². The molecule has 2 aromatic heterocycles. The predicted molar refractivity (Wildman–Crippen MR) is 51.5 cm³/mol. The standard InChI is InChI=1S/C9H9FN4O/c1-5-2-3-14-6(4-5)12-7(8(14)10)9(15)13-11/h2-4H,11H2,1H3,(H,13,15). The third kappa shape index (κ3) is 1.44. The van der Waals surface area contributed by atoms with E-state index in [2.05, 4.69) is 4.98 Å². The Morgan fingerprint density at radius 2 is 2.40 bits per heavy atom. The zero-order valence-corrected chi connectivity index (χ0v) is 7.99. The van der Waals surface area contributed by atoms with Crippen LogP contribution in [0.25, 0.3) is 5.65 Å². The molecule has 0 saturated heterocycles. The van der Waals surface area contributed by atoms with Crippen LogP contribution < -0.4 is 11.3 Å². The van der Waals surface area contributed by atoms with E-state index in [1.165, 1.54) is 10.6 Å². The number of aromatic nitrogens is 2. The van der Waals surface area contributed by atoms with Crippen molar-refractivity contribution in [2.45, 2.75) is 6.92 Å². The summed E-state index contributed by atoms with van der Waals surface area (Å²) in [6.07, 6.45) is 1.51. The van der Waals surface area contributed by atoms with Gasteiger partial charge in [-0.2, -0.15) is 4.39 Å². The summed E-state index contributed by atoms with van der Waals surface area (Å²) in [6.45, 7) is 1.86. The molecule has 6 heteroatoms. The van der Waals surface area contributed by atoms with E-state index in [-0.39, 0.29) is 5.69 Å². The van der Waals surface area contributed by atoms with Crippen molar-refractivity contribution in [3.05, 3.63) is 35.5 Å². The van der Waals surface area contributed by atoms with Gasteiger partial charge in [-0.3, -0.25) is 14.6 Å². The summed E-state index contributed by atoms with van der Waals surface area (Å²) in [6, 6.07) is 3.40. The number of hydrogen-bond acceptors (Lipinski definition) is 3. The molecular weight excluding hydrogens is 199 g/mol. The highest BCUT2D eigenvalue weighted by atomic mass is 19.1. The first-order valence-electron chi connectivity index (χ1n) is 4.28. The molecule has 0 radical (unpaired) electrons. The summed E-state index contributed by atoms with van der Waals surface area (Å²) in [5.41, 5.74) is 2.86. The minimum atomic E-state index is -0.742. The third-order valence-corrected chi connectivity index (χ3v) is 2.07. The summed E-state index contributed by atoms with van der Waals surface area (Å²) in [5.74, 6) is 3.45. The van der Waals surface area contributed by atoms with Crippen LogP contribution in [0.1, 0.15) is 16.1 Å². The fraction of sp³-hybridized carbons (Fsp3) is 0.111. The average molecular weight is 208 g/mol. The van der Waals surface area contributed by atoms with Crippen molar-refractivity contribution >= 4 is 11.6 Å². The topological polar surface area (TPSA) is 72.4 Å². The fourth-order valence-electron chi connectivity index (χ4n) is 1.33. The van der Waals surface area contributed by atoms with Crippen LogP contribution in [0.4, 0.5) is 4.39 Å². The SMILES string of the molecule is Cc1ccn2c(F)c(C(=O)NN)nc2c1. The Hall–Kier alpha value is -1.95. The maximum Gasteiger partial charge on any atom is 0.288 e. The second-order valence-electron chi connectivity index (χ2n) is 3.16. The molecule has 0 aromatic carbocycles. The van der Waals surface area contributed by atoms with E-state index in [4.69, 9.17) is 5.84 Å². The number of aryl methyl sites for hydroxylation is 1. The van der Waals surface area contributed by atoms with Gasteiger partial charge in [0.25, 0.3) is 5.91 Å². The molecule has 2 rings (SSSR count). The number of carbonyl (C=O) groups excluding carboxylic acids is 1. The number of nitrogen functional groups attached to an aromatic ring is 1. The van der Waals surface area contributed by atoms with Crippen molar-refractivity contribution in [2.75, 3.05) is 0 Å². The second-order valence-corrected chi connectivity index (χ2v) is 3.16. The number of amides is 1. The van der Waals surface area contributed by atoms with Crippen LogP contribution in [-0.2, 0) is 0 Å². The predicted octanol–water partition coefficient (Wildman–Crippen LogP) is 0.385. The van der Waals surface area contributed by atoms with Gasteiger partial charge in [0.05, 0.1) is 0 Å². The molecule has 0 atom stereocenters.